The number of carbonyl (C=O) groups excluding carboxylic acids is 1. The highest BCUT2D eigenvalue weighted by Crippen LogP contribution is 2.54. The highest BCUT2D eigenvalue weighted by Gasteiger charge is 2.60. The van der Waals surface area contributed by atoms with Crippen molar-refractivity contribution in [1.29, 1.82) is 0 Å². The predicted octanol–water partition coefficient (Wildman–Crippen LogP) is 3.70. The van der Waals surface area contributed by atoms with Gasteiger partial charge < -0.3 is 20.6 Å². The first-order valence-electron chi connectivity index (χ1n) is 11.8. The average Bonchev–Trinajstić information content (AvgIpc) is 3.00. The summed E-state index contributed by atoms with van der Waals surface area (Å²) in [4.78, 5) is 12.4. The zero-order valence-corrected chi connectivity index (χ0v) is 21.1. The van der Waals surface area contributed by atoms with Crippen molar-refractivity contribution in [3.63, 3.8) is 0 Å². The van der Waals surface area contributed by atoms with E-state index < -0.39 is 62.3 Å². The lowest BCUT2D eigenvalue weighted by atomic mass is 9.69. The van der Waals surface area contributed by atoms with Gasteiger partial charge in [-0.15, -0.1) is 0 Å². The van der Waals surface area contributed by atoms with E-state index in [2.05, 4.69) is 5.32 Å². The molecule has 0 aromatic heterocycles. The second-order valence-electron chi connectivity index (χ2n) is 9.65. The van der Waals surface area contributed by atoms with Crippen LogP contribution < -0.4 is 5.32 Å². The fourth-order valence-electron chi connectivity index (χ4n) is 5.63. The van der Waals surface area contributed by atoms with Gasteiger partial charge in [-0.2, -0.15) is 0 Å². The SMILES string of the molecule is CC[C@@H](O)[C@H](O)[C@]1(O)C2CCC1C[C@@H](S(=O)(=O)c1cc(C(=O)Nc3ccc(F)c(F)c3)ccc1Cl)C2. The molecule has 2 aliphatic rings. The molecule has 11 heteroatoms. The first kappa shape index (κ1) is 26.9. The van der Waals surface area contributed by atoms with E-state index in [1.165, 1.54) is 18.2 Å². The van der Waals surface area contributed by atoms with Gasteiger partial charge in [0.15, 0.2) is 21.5 Å². The molecule has 4 N–H and O–H groups in total. The van der Waals surface area contributed by atoms with E-state index in [1.807, 2.05) is 0 Å². The molecular formula is C25H28ClF2NO6S. The van der Waals surface area contributed by atoms with Gasteiger partial charge in [-0.3, -0.25) is 4.79 Å². The summed E-state index contributed by atoms with van der Waals surface area (Å²) >= 11 is 6.23. The minimum absolute atomic E-state index is 0.00535. The molecule has 0 radical (unpaired) electrons. The van der Waals surface area contributed by atoms with E-state index in [-0.39, 0.29) is 40.4 Å². The maximum atomic E-state index is 13.6. The number of aliphatic hydroxyl groups is 3. The largest absolute Gasteiger partial charge is 0.390 e. The monoisotopic (exact) mass is 543 g/mol. The number of fused-ring (bicyclic) bond motifs is 2. The van der Waals surface area contributed by atoms with Gasteiger partial charge in [-0.25, -0.2) is 17.2 Å². The molecule has 2 unspecified atom stereocenters. The first-order valence-corrected chi connectivity index (χ1v) is 13.7. The number of aliphatic hydroxyl groups excluding tert-OH is 2. The number of amides is 1. The van der Waals surface area contributed by atoms with Crippen molar-refractivity contribution in [1.82, 2.24) is 0 Å². The number of rotatable bonds is 7. The quantitative estimate of drug-likeness (QED) is 0.422. The fraction of sp³-hybridized carbons (Fsp3) is 0.480. The van der Waals surface area contributed by atoms with E-state index in [0.29, 0.717) is 12.8 Å². The topological polar surface area (TPSA) is 124 Å². The number of carbonyl (C=O) groups is 1. The Morgan fingerprint density at radius 2 is 1.75 bits per heavy atom. The highest BCUT2D eigenvalue weighted by atomic mass is 35.5. The number of hydrogen-bond donors (Lipinski definition) is 4. The molecule has 0 aliphatic heterocycles. The molecule has 0 saturated heterocycles. The summed E-state index contributed by atoms with van der Waals surface area (Å²) in [6, 6.07) is 6.59. The number of nitrogens with one attached hydrogen (secondary N) is 1. The summed E-state index contributed by atoms with van der Waals surface area (Å²) in [7, 11) is -4.04. The molecule has 2 fully saturated rings. The number of benzene rings is 2. The Labute approximate surface area is 213 Å². The molecule has 2 saturated carbocycles. The third-order valence-corrected chi connectivity index (χ3v) is 10.3. The zero-order valence-electron chi connectivity index (χ0n) is 19.5. The van der Waals surface area contributed by atoms with Crippen LogP contribution in [0.4, 0.5) is 14.5 Å². The predicted molar refractivity (Wildman–Crippen MR) is 129 cm³/mol. The van der Waals surface area contributed by atoms with Gasteiger partial charge in [0.25, 0.3) is 5.91 Å². The Kier molecular flexibility index (Phi) is 7.47. The van der Waals surface area contributed by atoms with E-state index in [0.717, 1.165) is 18.2 Å². The highest BCUT2D eigenvalue weighted by molar-refractivity contribution is 7.92. The van der Waals surface area contributed by atoms with Gasteiger partial charge in [0.2, 0.25) is 0 Å². The summed E-state index contributed by atoms with van der Waals surface area (Å²) in [5, 5.41) is 33.5. The van der Waals surface area contributed by atoms with Crippen LogP contribution in [0, 0.1) is 23.5 Å². The molecule has 0 heterocycles. The second-order valence-corrected chi connectivity index (χ2v) is 12.2. The molecule has 4 rings (SSSR count). The lowest BCUT2D eigenvalue weighted by Gasteiger charge is -2.46. The molecule has 7 nitrogen and oxygen atoms in total. The number of hydrogen-bond acceptors (Lipinski definition) is 6. The smallest absolute Gasteiger partial charge is 0.255 e. The van der Waals surface area contributed by atoms with Crippen LogP contribution in [0.5, 0.6) is 0 Å². The van der Waals surface area contributed by atoms with E-state index in [4.69, 9.17) is 11.6 Å². The molecule has 0 spiro atoms. The van der Waals surface area contributed by atoms with E-state index >= 15 is 0 Å². The molecular weight excluding hydrogens is 516 g/mol. The summed E-state index contributed by atoms with van der Waals surface area (Å²) in [6.45, 7) is 1.69. The Morgan fingerprint density at radius 3 is 2.33 bits per heavy atom. The summed E-state index contributed by atoms with van der Waals surface area (Å²) < 4.78 is 53.9. The third-order valence-electron chi connectivity index (χ3n) is 7.64. The van der Waals surface area contributed by atoms with Crippen molar-refractivity contribution in [3.8, 4) is 0 Å². The second kappa shape index (κ2) is 9.98. The molecule has 2 aromatic rings. The van der Waals surface area contributed by atoms with Gasteiger partial charge in [0.1, 0.15) is 6.10 Å². The van der Waals surface area contributed by atoms with Crippen molar-refractivity contribution in [2.75, 3.05) is 5.32 Å². The number of anilines is 1. The summed E-state index contributed by atoms with van der Waals surface area (Å²) in [6.07, 6.45) is -1.06. The molecule has 2 aliphatic carbocycles. The van der Waals surface area contributed by atoms with Crippen molar-refractivity contribution in [2.24, 2.45) is 11.8 Å². The van der Waals surface area contributed by atoms with Crippen LogP contribution in [0.1, 0.15) is 49.4 Å². The first-order chi connectivity index (χ1) is 16.9. The van der Waals surface area contributed by atoms with Crippen LogP contribution in [0.15, 0.2) is 41.3 Å². The van der Waals surface area contributed by atoms with E-state index in [9.17, 15) is 37.3 Å². The van der Waals surface area contributed by atoms with Crippen LogP contribution in [-0.4, -0.2) is 52.7 Å². The van der Waals surface area contributed by atoms with Crippen molar-refractivity contribution < 1.29 is 37.3 Å². The van der Waals surface area contributed by atoms with Gasteiger partial charge >= 0.3 is 0 Å². The van der Waals surface area contributed by atoms with Crippen LogP contribution in [0.25, 0.3) is 0 Å². The maximum Gasteiger partial charge on any atom is 0.255 e. The van der Waals surface area contributed by atoms with Gasteiger partial charge in [0, 0.05) is 17.3 Å². The normalized spacial score (nSPS) is 27.5. The Hall–Kier alpha value is -2.11. The molecule has 196 valence electrons. The lowest BCUT2D eigenvalue weighted by Crippen LogP contribution is -2.59. The average molecular weight is 544 g/mol. The summed E-state index contributed by atoms with van der Waals surface area (Å²) in [5.41, 5.74) is -1.62. The van der Waals surface area contributed by atoms with Crippen LogP contribution in [-0.2, 0) is 9.84 Å². The molecule has 2 bridgehead atoms. The standard InChI is InChI=1S/C25H28ClF2NO6S/c1-2-21(30)23(31)25(33)14-4-5-15(25)11-17(10-14)36(34,35)22-9-13(3-7-18(22)26)24(32)29-16-6-8-19(27)20(28)12-16/h3,6-9,12,14-15,17,21,23,30-31,33H,2,4-5,10-11H2,1H3,(H,29,32)/t14?,15?,17-,21-,23+,25-/m1/s1. The molecule has 4 atom stereocenters. The van der Waals surface area contributed by atoms with Gasteiger partial charge in [-0.1, -0.05) is 18.5 Å². The van der Waals surface area contributed by atoms with Crippen LogP contribution >= 0.6 is 11.6 Å². The minimum Gasteiger partial charge on any atom is -0.390 e. The number of halogens is 3. The van der Waals surface area contributed by atoms with Crippen LogP contribution in [0.2, 0.25) is 5.02 Å². The third kappa shape index (κ3) is 4.65. The summed E-state index contributed by atoms with van der Waals surface area (Å²) in [5.74, 6) is -3.99. The minimum atomic E-state index is -4.04. The van der Waals surface area contributed by atoms with Crippen LogP contribution in [0.3, 0.4) is 0 Å². The molecule has 36 heavy (non-hydrogen) atoms. The van der Waals surface area contributed by atoms with Crippen molar-refractivity contribution in [3.05, 3.63) is 58.6 Å². The van der Waals surface area contributed by atoms with Gasteiger partial charge in [0.05, 0.1) is 26.9 Å². The Bertz CT molecular complexity index is 1260. The lowest BCUT2D eigenvalue weighted by molar-refractivity contribution is -0.176. The van der Waals surface area contributed by atoms with Crippen molar-refractivity contribution >= 4 is 33.0 Å². The van der Waals surface area contributed by atoms with Gasteiger partial charge in [-0.05, 0) is 74.3 Å². The molecule has 1 amide bonds. The Balaban J connectivity index is 1.58. The Morgan fingerprint density at radius 1 is 1.11 bits per heavy atom. The maximum absolute atomic E-state index is 13.6. The molecule has 2 aromatic carbocycles. The zero-order chi connectivity index (χ0) is 26.4. The fourth-order valence-corrected chi connectivity index (χ4v) is 8.03. The van der Waals surface area contributed by atoms with Crippen molar-refractivity contribution in [2.45, 2.75) is 67.0 Å². The van der Waals surface area contributed by atoms with E-state index in [1.54, 1.807) is 6.92 Å². The number of sulfone groups is 1.